The lowest BCUT2D eigenvalue weighted by atomic mass is 10.0. The Balaban J connectivity index is 2.59. The molecule has 0 saturated carbocycles. The Kier molecular flexibility index (Phi) is 4.07. The van der Waals surface area contributed by atoms with Crippen LogP contribution in [0.25, 0.3) is 11.0 Å². The van der Waals surface area contributed by atoms with Crippen LogP contribution in [0.1, 0.15) is 32.0 Å². The maximum absolute atomic E-state index is 13.5. The summed E-state index contributed by atoms with van der Waals surface area (Å²) in [4.78, 5) is 6.68. The van der Waals surface area contributed by atoms with E-state index >= 15 is 0 Å². The van der Waals surface area contributed by atoms with Gasteiger partial charge in [0, 0.05) is 12.1 Å². The van der Waals surface area contributed by atoms with Crippen molar-refractivity contribution < 1.29 is 4.39 Å². The van der Waals surface area contributed by atoms with Crippen LogP contribution in [0.3, 0.4) is 0 Å². The third kappa shape index (κ3) is 2.81. The van der Waals surface area contributed by atoms with Crippen molar-refractivity contribution in [2.24, 2.45) is 0 Å². The van der Waals surface area contributed by atoms with Gasteiger partial charge in [0.1, 0.15) is 11.6 Å². The molecule has 1 unspecified atom stereocenters. The standard InChI is InChI=1S/C15H21ClFN3/c1-10(16)14-18-12-7-6-11(17)8-13(12)20(14)9-15(2,3)19(4)5/h6-8,10H,9H2,1-5H3. The Hall–Kier alpha value is -1.13. The number of rotatable bonds is 4. The Morgan fingerprint density at radius 3 is 2.60 bits per heavy atom. The van der Waals surface area contributed by atoms with Crippen molar-refractivity contribution in [3.8, 4) is 0 Å². The van der Waals surface area contributed by atoms with Crippen molar-refractivity contribution in [2.75, 3.05) is 14.1 Å². The molecular formula is C15H21ClFN3. The molecule has 0 aliphatic rings. The first-order valence-corrected chi connectivity index (χ1v) is 7.13. The van der Waals surface area contributed by atoms with E-state index in [0.29, 0.717) is 6.54 Å². The first-order valence-electron chi connectivity index (χ1n) is 6.69. The molecule has 110 valence electrons. The van der Waals surface area contributed by atoms with Crippen molar-refractivity contribution in [2.45, 2.75) is 38.2 Å². The van der Waals surface area contributed by atoms with E-state index in [1.165, 1.54) is 12.1 Å². The maximum Gasteiger partial charge on any atom is 0.127 e. The maximum atomic E-state index is 13.5. The number of halogens is 2. The van der Waals surface area contributed by atoms with Crippen LogP contribution < -0.4 is 0 Å². The Bertz CT molecular complexity index is 617. The van der Waals surface area contributed by atoms with Crippen LogP contribution in [-0.4, -0.2) is 34.1 Å². The molecule has 2 rings (SSSR count). The van der Waals surface area contributed by atoms with Gasteiger partial charge in [-0.05, 0) is 53.1 Å². The second kappa shape index (κ2) is 5.34. The number of benzene rings is 1. The van der Waals surface area contributed by atoms with Crippen molar-refractivity contribution in [3.63, 3.8) is 0 Å². The third-order valence-corrected chi connectivity index (χ3v) is 4.05. The summed E-state index contributed by atoms with van der Waals surface area (Å²) in [6, 6.07) is 4.66. The molecule has 20 heavy (non-hydrogen) atoms. The van der Waals surface area contributed by atoms with Gasteiger partial charge in [0.15, 0.2) is 0 Å². The second-order valence-corrected chi connectivity index (χ2v) is 6.67. The zero-order valence-electron chi connectivity index (χ0n) is 12.6. The summed E-state index contributed by atoms with van der Waals surface area (Å²) in [7, 11) is 4.06. The average molecular weight is 298 g/mol. The van der Waals surface area contributed by atoms with E-state index in [-0.39, 0.29) is 16.7 Å². The van der Waals surface area contributed by atoms with Gasteiger partial charge in [-0.25, -0.2) is 9.37 Å². The highest BCUT2D eigenvalue weighted by molar-refractivity contribution is 6.20. The molecular weight excluding hydrogens is 277 g/mol. The molecule has 0 aliphatic carbocycles. The van der Waals surface area contributed by atoms with Crippen molar-refractivity contribution in [1.29, 1.82) is 0 Å². The van der Waals surface area contributed by atoms with E-state index in [4.69, 9.17) is 11.6 Å². The van der Waals surface area contributed by atoms with Gasteiger partial charge in [-0.2, -0.15) is 0 Å². The van der Waals surface area contributed by atoms with E-state index in [2.05, 4.69) is 23.7 Å². The average Bonchev–Trinajstić information content (AvgIpc) is 2.67. The largest absolute Gasteiger partial charge is 0.325 e. The van der Waals surface area contributed by atoms with Crippen LogP contribution in [0.4, 0.5) is 4.39 Å². The summed E-state index contributed by atoms with van der Waals surface area (Å²) in [5.41, 5.74) is 1.49. The smallest absolute Gasteiger partial charge is 0.127 e. The molecule has 0 saturated heterocycles. The molecule has 2 aromatic rings. The molecule has 0 fully saturated rings. The Labute approximate surface area is 124 Å². The first-order chi connectivity index (χ1) is 9.22. The molecule has 1 aromatic heterocycles. The third-order valence-electron chi connectivity index (χ3n) is 3.85. The molecule has 0 N–H and O–H groups in total. The molecule has 0 spiro atoms. The molecule has 3 nitrogen and oxygen atoms in total. The van der Waals surface area contributed by atoms with Gasteiger partial charge in [-0.1, -0.05) is 0 Å². The van der Waals surface area contributed by atoms with E-state index in [9.17, 15) is 4.39 Å². The normalized spacial score (nSPS) is 14.2. The number of hydrogen-bond acceptors (Lipinski definition) is 2. The zero-order valence-corrected chi connectivity index (χ0v) is 13.4. The van der Waals surface area contributed by atoms with Gasteiger partial charge in [0.05, 0.1) is 16.4 Å². The molecule has 0 radical (unpaired) electrons. The van der Waals surface area contributed by atoms with Gasteiger partial charge >= 0.3 is 0 Å². The summed E-state index contributed by atoms with van der Waals surface area (Å²) in [5.74, 6) is 0.525. The van der Waals surface area contributed by atoms with Crippen LogP contribution in [0.2, 0.25) is 0 Å². The zero-order chi connectivity index (χ0) is 15.1. The minimum absolute atomic E-state index is 0.0829. The molecule has 0 amide bonds. The van der Waals surface area contributed by atoms with Gasteiger partial charge < -0.3 is 9.47 Å². The minimum atomic E-state index is -0.255. The monoisotopic (exact) mass is 297 g/mol. The topological polar surface area (TPSA) is 21.1 Å². The van der Waals surface area contributed by atoms with Crippen LogP contribution in [0.5, 0.6) is 0 Å². The fourth-order valence-corrected chi connectivity index (χ4v) is 2.28. The number of imidazole rings is 1. The first kappa shape index (κ1) is 15.3. The van der Waals surface area contributed by atoms with Gasteiger partial charge in [-0.15, -0.1) is 11.6 Å². The molecule has 1 atom stereocenters. The lowest BCUT2D eigenvalue weighted by Crippen LogP contribution is -2.42. The van der Waals surface area contributed by atoms with Crippen molar-refractivity contribution in [3.05, 3.63) is 29.8 Å². The van der Waals surface area contributed by atoms with Gasteiger partial charge in [-0.3, -0.25) is 0 Å². The lowest BCUT2D eigenvalue weighted by molar-refractivity contribution is 0.170. The molecule has 0 aliphatic heterocycles. The number of likely N-dealkylation sites (N-methyl/N-ethyl adjacent to an activating group) is 1. The van der Waals surface area contributed by atoms with Gasteiger partial charge in [0.2, 0.25) is 0 Å². The van der Waals surface area contributed by atoms with Crippen molar-refractivity contribution in [1.82, 2.24) is 14.5 Å². The predicted molar refractivity (Wildman–Crippen MR) is 81.7 cm³/mol. The Morgan fingerprint density at radius 1 is 1.40 bits per heavy atom. The fraction of sp³-hybridized carbons (Fsp3) is 0.533. The summed E-state index contributed by atoms with van der Waals surface area (Å²) in [6.45, 7) is 6.87. The predicted octanol–water partition coefficient (Wildman–Crippen LogP) is 3.82. The summed E-state index contributed by atoms with van der Waals surface area (Å²) in [6.07, 6.45) is 0. The molecule has 1 aromatic carbocycles. The van der Waals surface area contributed by atoms with Crippen LogP contribution >= 0.6 is 11.6 Å². The molecule has 0 bridgehead atoms. The lowest BCUT2D eigenvalue weighted by Gasteiger charge is -2.33. The number of fused-ring (bicyclic) bond motifs is 1. The highest BCUT2D eigenvalue weighted by Crippen LogP contribution is 2.27. The van der Waals surface area contributed by atoms with Crippen molar-refractivity contribution >= 4 is 22.6 Å². The SMILES string of the molecule is CC(Cl)c1nc2ccc(F)cc2n1CC(C)(C)N(C)C. The van der Waals surface area contributed by atoms with E-state index < -0.39 is 0 Å². The summed E-state index contributed by atoms with van der Waals surface area (Å²) in [5, 5.41) is -0.219. The van der Waals surface area contributed by atoms with Crippen LogP contribution in [0.15, 0.2) is 18.2 Å². The van der Waals surface area contributed by atoms with Crippen LogP contribution in [-0.2, 0) is 6.54 Å². The van der Waals surface area contributed by atoms with Crippen LogP contribution in [0, 0.1) is 5.82 Å². The van der Waals surface area contributed by atoms with E-state index in [1.54, 1.807) is 6.07 Å². The second-order valence-electron chi connectivity index (χ2n) is 6.01. The highest BCUT2D eigenvalue weighted by Gasteiger charge is 2.25. The number of nitrogens with zero attached hydrogens (tertiary/aromatic N) is 3. The Morgan fingerprint density at radius 2 is 2.05 bits per heavy atom. The number of aromatic nitrogens is 2. The van der Waals surface area contributed by atoms with E-state index in [1.807, 2.05) is 25.6 Å². The molecule has 1 heterocycles. The quantitative estimate of drug-likeness (QED) is 0.800. The molecule has 5 heteroatoms. The minimum Gasteiger partial charge on any atom is -0.325 e. The highest BCUT2D eigenvalue weighted by atomic mass is 35.5. The summed E-state index contributed by atoms with van der Waals surface area (Å²) < 4.78 is 15.6. The van der Waals surface area contributed by atoms with E-state index in [0.717, 1.165) is 16.9 Å². The van der Waals surface area contributed by atoms with Gasteiger partial charge in [0.25, 0.3) is 0 Å². The fourth-order valence-electron chi connectivity index (χ4n) is 2.11. The number of hydrogen-bond donors (Lipinski definition) is 0. The number of alkyl halides is 1. The summed E-state index contributed by atoms with van der Waals surface area (Å²) >= 11 is 6.24.